The molecule has 1 aliphatic heterocycles. The second-order valence-corrected chi connectivity index (χ2v) is 7.80. The number of hydrogen-bond donors (Lipinski definition) is 3. The molecule has 0 amide bonds. The van der Waals surface area contributed by atoms with Crippen molar-refractivity contribution in [3.8, 4) is 28.7 Å². The molecule has 3 aromatic rings. The Morgan fingerprint density at radius 1 is 1.16 bits per heavy atom. The normalized spacial score (nSPS) is 19.8. The second kappa shape index (κ2) is 9.98. The first-order valence-corrected chi connectivity index (χ1v) is 10.6. The predicted molar refractivity (Wildman–Crippen MR) is 121 cm³/mol. The van der Waals surface area contributed by atoms with E-state index < -0.39 is 12.1 Å². The van der Waals surface area contributed by atoms with Crippen LogP contribution in [0.1, 0.15) is 30.5 Å². The molecule has 1 aliphatic rings. The lowest BCUT2D eigenvalue weighted by atomic mass is 10.0. The maximum atomic E-state index is 9.83. The molecular weight excluding hydrogens is 406 g/mol. The van der Waals surface area contributed by atoms with Crippen molar-refractivity contribution in [3.63, 3.8) is 0 Å². The van der Waals surface area contributed by atoms with Crippen molar-refractivity contribution < 1.29 is 19.7 Å². The highest BCUT2D eigenvalue weighted by molar-refractivity contribution is 5.65. The molecule has 2 heterocycles. The average Bonchev–Trinajstić information content (AvgIpc) is 3.45. The van der Waals surface area contributed by atoms with Crippen LogP contribution in [0.5, 0.6) is 5.75 Å². The molecular formula is C25H27N3O4. The van der Waals surface area contributed by atoms with Crippen molar-refractivity contribution in [1.82, 2.24) is 9.55 Å². The molecule has 0 bridgehead atoms. The van der Waals surface area contributed by atoms with E-state index in [9.17, 15) is 10.2 Å². The number of rotatable bonds is 6. The van der Waals surface area contributed by atoms with Gasteiger partial charge in [-0.25, -0.2) is 4.98 Å². The fourth-order valence-corrected chi connectivity index (χ4v) is 3.60. The van der Waals surface area contributed by atoms with Crippen molar-refractivity contribution in [2.24, 2.45) is 5.73 Å². The summed E-state index contributed by atoms with van der Waals surface area (Å²) < 4.78 is 12.9. The molecule has 4 atom stereocenters. The minimum Gasteiger partial charge on any atom is -0.486 e. The number of aliphatic hydroxyl groups is 2. The fourth-order valence-electron chi connectivity index (χ4n) is 3.60. The minimum absolute atomic E-state index is 0.0961. The van der Waals surface area contributed by atoms with E-state index in [0.29, 0.717) is 19.0 Å². The van der Waals surface area contributed by atoms with E-state index in [1.54, 1.807) is 23.9 Å². The zero-order valence-electron chi connectivity index (χ0n) is 17.9. The summed E-state index contributed by atoms with van der Waals surface area (Å²) in [5.41, 5.74) is 8.94. The van der Waals surface area contributed by atoms with Crippen LogP contribution in [0.4, 0.5) is 0 Å². The topological polar surface area (TPSA) is 103 Å². The largest absolute Gasteiger partial charge is 0.486 e. The third-order valence-corrected chi connectivity index (χ3v) is 5.39. The van der Waals surface area contributed by atoms with Crippen LogP contribution in [0.2, 0.25) is 0 Å². The summed E-state index contributed by atoms with van der Waals surface area (Å²) in [7, 11) is 0. The molecule has 0 aliphatic carbocycles. The highest BCUT2D eigenvalue weighted by atomic mass is 16.5. The zero-order valence-corrected chi connectivity index (χ0v) is 17.9. The molecule has 1 fully saturated rings. The van der Waals surface area contributed by atoms with Gasteiger partial charge in [0.05, 0.1) is 25.9 Å². The molecule has 1 aromatic heterocycles. The van der Waals surface area contributed by atoms with Gasteiger partial charge in [-0.2, -0.15) is 0 Å². The van der Waals surface area contributed by atoms with Crippen LogP contribution in [0, 0.1) is 11.8 Å². The van der Waals surface area contributed by atoms with E-state index in [0.717, 1.165) is 22.4 Å². The first-order chi connectivity index (χ1) is 15.5. The molecule has 2 unspecified atom stereocenters. The van der Waals surface area contributed by atoms with Crippen molar-refractivity contribution >= 4 is 0 Å². The first-order valence-electron chi connectivity index (χ1n) is 10.6. The van der Waals surface area contributed by atoms with E-state index in [1.807, 2.05) is 48.5 Å². The fraction of sp³-hybridized carbons (Fsp3) is 0.320. The maximum absolute atomic E-state index is 9.83. The second-order valence-electron chi connectivity index (χ2n) is 7.80. The molecule has 166 valence electrons. The molecule has 7 nitrogen and oxygen atoms in total. The van der Waals surface area contributed by atoms with Gasteiger partial charge in [0.2, 0.25) is 0 Å². The molecule has 0 spiro atoms. The number of ether oxygens (including phenoxy) is 2. The Labute approximate surface area is 187 Å². The SMILES string of the molecule is CC(O)c1nccn1C(C#Cc1ccc(-c2ccc(O[C@@H]3COC[C@H]3N)cc2)cc1)CO. The smallest absolute Gasteiger partial charge is 0.139 e. The summed E-state index contributed by atoms with van der Waals surface area (Å²) in [5.74, 6) is 7.41. The molecule has 1 saturated heterocycles. The third-order valence-electron chi connectivity index (χ3n) is 5.39. The molecule has 7 heteroatoms. The zero-order chi connectivity index (χ0) is 22.5. The van der Waals surface area contributed by atoms with Crippen LogP contribution in [0.3, 0.4) is 0 Å². The van der Waals surface area contributed by atoms with Crippen molar-refractivity contribution in [1.29, 1.82) is 0 Å². The van der Waals surface area contributed by atoms with E-state index in [1.165, 1.54) is 0 Å². The standard InChI is InChI=1S/C25H27N3O4/c1-17(30)25-27-12-13-28(25)21(14-29)9-4-18-2-5-19(6-3-18)20-7-10-22(11-8-20)32-24-16-31-15-23(24)26/h2-3,5-8,10-13,17,21,23-24,29-30H,14-16,26H2,1H3/t17?,21?,23-,24-/m1/s1. The van der Waals surface area contributed by atoms with Gasteiger partial charge in [0, 0.05) is 18.0 Å². The highest BCUT2D eigenvalue weighted by Crippen LogP contribution is 2.24. The Hall–Kier alpha value is -3.15. The van der Waals surface area contributed by atoms with E-state index in [2.05, 4.69) is 16.8 Å². The number of nitrogens with two attached hydrogens (primary N) is 1. The van der Waals surface area contributed by atoms with E-state index in [4.69, 9.17) is 15.2 Å². The summed E-state index contributed by atoms with van der Waals surface area (Å²) in [5, 5.41) is 19.6. The van der Waals surface area contributed by atoms with Crippen molar-refractivity contribution in [2.75, 3.05) is 19.8 Å². The molecule has 4 rings (SSSR count). The maximum Gasteiger partial charge on any atom is 0.139 e. The molecule has 0 saturated carbocycles. The lowest BCUT2D eigenvalue weighted by Gasteiger charge is -2.16. The van der Waals surface area contributed by atoms with E-state index in [-0.39, 0.29) is 18.8 Å². The van der Waals surface area contributed by atoms with Crippen LogP contribution >= 0.6 is 0 Å². The number of hydrogen-bond acceptors (Lipinski definition) is 6. The van der Waals surface area contributed by atoms with Crippen LogP contribution in [0.25, 0.3) is 11.1 Å². The number of aromatic nitrogens is 2. The molecule has 4 N–H and O–H groups in total. The Morgan fingerprint density at radius 3 is 2.44 bits per heavy atom. The van der Waals surface area contributed by atoms with Gasteiger partial charge >= 0.3 is 0 Å². The monoisotopic (exact) mass is 433 g/mol. The summed E-state index contributed by atoms with van der Waals surface area (Å²) in [4.78, 5) is 4.14. The Morgan fingerprint density at radius 2 is 1.84 bits per heavy atom. The van der Waals surface area contributed by atoms with Gasteiger partial charge in [-0.1, -0.05) is 36.1 Å². The Kier molecular flexibility index (Phi) is 6.88. The summed E-state index contributed by atoms with van der Waals surface area (Å²) in [6, 6.07) is 15.2. The molecule has 0 radical (unpaired) electrons. The predicted octanol–water partition coefficient (Wildman–Crippen LogP) is 2.29. The van der Waals surface area contributed by atoms with Gasteiger partial charge in [-0.3, -0.25) is 0 Å². The van der Waals surface area contributed by atoms with Crippen molar-refractivity contribution in [3.05, 3.63) is 72.3 Å². The van der Waals surface area contributed by atoms with Crippen LogP contribution in [-0.2, 0) is 4.74 Å². The van der Waals surface area contributed by atoms with Crippen molar-refractivity contribution in [2.45, 2.75) is 31.2 Å². The Bertz CT molecular complexity index is 1080. The number of benzene rings is 2. The lowest BCUT2D eigenvalue weighted by molar-refractivity contribution is 0.140. The quantitative estimate of drug-likeness (QED) is 0.516. The van der Waals surface area contributed by atoms with Crippen LogP contribution < -0.4 is 10.5 Å². The summed E-state index contributed by atoms with van der Waals surface area (Å²) >= 11 is 0. The van der Waals surface area contributed by atoms with Gasteiger partial charge < -0.3 is 30.0 Å². The van der Waals surface area contributed by atoms with Crippen LogP contribution in [0.15, 0.2) is 60.9 Å². The van der Waals surface area contributed by atoms with Gasteiger partial charge in [-0.05, 0) is 42.3 Å². The van der Waals surface area contributed by atoms with Gasteiger partial charge in [0.15, 0.2) is 0 Å². The van der Waals surface area contributed by atoms with E-state index >= 15 is 0 Å². The van der Waals surface area contributed by atoms with Gasteiger partial charge in [0.25, 0.3) is 0 Å². The number of aliphatic hydroxyl groups excluding tert-OH is 2. The van der Waals surface area contributed by atoms with Crippen LogP contribution in [-0.4, -0.2) is 51.7 Å². The van der Waals surface area contributed by atoms with Gasteiger partial charge in [0.1, 0.15) is 29.8 Å². The third kappa shape index (κ3) is 5.01. The average molecular weight is 434 g/mol. The molecule has 32 heavy (non-hydrogen) atoms. The number of nitrogens with zero attached hydrogens (tertiary/aromatic N) is 2. The highest BCUT2D eigenvalue weighted by Gasteiger charge is 2.26. The van der Waals surface area contributed by atoms with Gasteiger partial charge in [-0.15, -0.1) is 0 Å². The lowest BCUT2D eigenvalue weighted by Crippen LogP contribution is -2.37. The number of imidazole rings is 1. The summed E-state index contributed by atoms with van der Waals surface area (Å²) in [6.45, 7) is 2.51. The first kappa shape index (κ1) is 22.1. The molecule has 2 aromatic carbocycles. The Balaban J connectivity index is 1.44. The summed E-state index contributed by atoms with van der Waals surface area (Å²) in [6.07, 6.45) is 2.45. The minimum atomic E-state index is -0.736.